The lowest BCUT2D eigenvalue weighted by molar-refractivity contribution is 1.69. The van der Waals surface area contributed by atoms with Crippen LogP contribution in [-0.4, -0.2) is 12.3 Å². The second-order valence-electron chi connectivity index (χ2n) is 2.78. The molecule has 0 bridgehead atoms. The van der Waals surface area contributed by atoms with Crippen molar-refractivity contribution in [3.8, 4) is 0 Å². The maximum atomic E-state index is 2.42. The Labute approximate surface area is 76.1 Å². The molecule has 0 fully saturated rings. The van der Waals surface area contributed by atoms with E-state index in [1.807, 2.05) is 0 Å². The van der Waals surface area contributed by atoms with Gasteiger partial charge in [-0.3, -0.25) is 0 Å². The highest BCUT2D eigenvalue weighted by atomic mass is 32.1. The monoisotopic (exact) mass is 194 g/mol. The van der Waals surface area contributed by atoms with Crippen molar-refractivity contribution in [2.45, 2.75) is 0 Å². The summed E-state index contributed by atoms with van der Waals surface area (Å²) in [7, 11) is 0.339. The lowest BCUT2D eigenvalue weighted by Gasteiger charge is -2.23. The van der Waals surface area contributed by atoms with E-state index < -0.39 is 0 Å². The van der Waals surface area contributed by atoms with Gasteiger partial charge in [0, 0.05) is 0 Å². The van der Waals surface area contributed by atoms with E-state index in [9.17, 15) is 0 Å². The molecule has 0 radical (unpaired) electrons. The van der Waals surface area contributed by atoms with Crippen LogP contribution in [0.1, 0.15) is 0 Å². The van der Waals surface area contributed by atoms with Crippen LogP contribution in [0.15, 0.2) is 48.1 Å². The highest BCUT2D eigenvalue weighted by Gasteiger charge is 2.14. The summed E-state index contributed by atoms with van der Waals surface area (Å²) in [5.41, 5.74) is 0. The highest BCUT2D eigenvalue weighted by Crippen LogP contribution is 2.71. The van der Waals surface area contributed by atoms with Gasteiger partial charge in [-0.1, -0.05) is 48.1 Å². The third-order valence-corrected chi connectivity index (χ3v) is 8.55. The summed E-state index contributed by atoms with van der Waals surface area (Å²) < 4.78 is 0. The normalized spacial score (nSPS) is 32.7. The summed E-state index contributed by atoms with van der Waals surface area (Å²) in [5, 5.41) is 0. The topological polar surface area (TPSA) is 0 Å². The summed E-state index contributed by atoms with van der Waals surface area (Å²) in [6.07, 6.45) is 16.0. The highest BCUT2D eigenvalue weighted by molar-refractivity contribution is 8.32. The zero-order chi connectivity index (χ0) is 8.23. The fraction of sp³-hybridized carbons (Fsp3) is 0.200. The van der Waals surface area contributed by atoms with Crippen LogP contribution >= 0.6 is 15.2 Å². The molecule has 0 spiro atoms. The molecule has 0 amide bonds. The van der Waals surface area contributed by atoms with E-state index in [1.165, 1.54) is 12.3 Å². The van der Waals surface area contributed by atoms with Crippen LogP contribution in [0.3, 0.4) is 0 Å². The van der Waals surface area contributed by atoms with Crippen LogP contribution in [0, 0.1) is 0 Å². The first-order valence-corrected chi connectivity index (χ1v) is 8.06. The molecule has 0 aliphatic carbocycles. The fourth-order valence-corrected chi connectivity index (χ4v) is 6.89. The number of allylic oxidation sites excluding steroid dienone is 6. The largest absolute Gasteiger partial charge is 0.0796 e. The molecule has 0 nitrogen and oxygen atoms in total. The van der Waals surface area contributed by atoms with Gasteiger partial charge in [-0.2, -0.15) is 0 Å². The Morgan fingerprint density at radius 2 is 1.17 bits per heavy atom. The van der Waals surface area contributed by atoms with Crippen molar-refractivity contribution in [1.29, 1.82) is 0 Å². The predicted molar refractivity (Wildman–Crippen MR) is 60.1 cm³/mol. The zero-order valence-corrected chi connectivity index (χ0v) is 8.72. The first-order chi connectivity index (χ1) is 5.97. The molecule has 0 aromatic carbocycles. The molecule has 0 saturated heterocycles. The van der Waals surface area contributed by atoms with Gasteiger partial charge in [0.15, 0.2) is 0 Å². The Kier molecular flexibility index (Phi) is 2.93. The lowest BCUT2D eigenvalue weighted by atomic mass is 10.5. The molecular formula is C10H12P2. The molecule has 12 heavy (non-hydrogen) atoms. The third kappa shape index (κ3) is 1.94. The van der Waals surface area contributed by atoms with E-state index in [-0.39, 0.29) is 15.2 Å². The summed E-state index contributed by atoms with van der Waals surface area (Å²) in [4.78, 5) is 0. The van der Waals surface area contributed by atoms with Crippen LogP contribution in [-0.2, 0) is 0 Å². The SMILES string of the molecule is C1=CCP(P2C=CC=CC2)C=C1. The molecule has 2 unspecified atom stereocenters. The Hall–Kier alpha value is -0.180. The number of hydrogen-bond acceptors (Lipinski definition) is 0. The third-order valence-electron chi connectivity index (χ3n) is 1.93. The van der Waals surface area contributed by atoms with Gasteiger partial charge in [-0.05, 0) is 27.5 Å². The molecule has 2 rings (SSSR count). The van der Waals surface area contributed by atoms with Gasteiger partial charge in [0.25, 0.3) is 0 Å². The summed E-state index contributed by atoms with van der Waals surface area (Å²) >= 11 is 0. The molecule has 0 aromatic rings. The number of rotatable bonds is 1. The van der Waals surface area contributed by atoms with Gasteiger partial charge in [-0.15, -0.1) is 0 Å². The maximum absolute atomic E-state index is 2.42. The van der Waals surface area contributed by atoms with E-state index in [0.717, 1.165) is 0 Å². The predicted octanol–water partition coefficient (Wildman–Crippen LogP) is 4.03. The molecular weight excluding hydrogens is 182 g/mol. The molecule has 2 heterocycles. The molecule has 0 aromatic heterocycles. The minimum atomic E-state index is 0.169. The van der Waals surface area contributed by atoms with Gasteiger partial charge in [0.2, 0.25) is 0 Å². The second-order valence-corrected chi connectivity index (χ2v) is 8.95. The van der Waals surface area contributed by atoms with Crippen molar-refractivity contribution in [3.63, 3.8) is 0 Å². The molecule has 0 saturated carbocycles. The van der Waals surface area contributed by atoms with E-state index >= 15 is 0 Å². The Balaban J connectivity index is 2.01. The van der Waals surface area contributed by atoms with Crippen LogP contribution in [0.5, 0.6) is 0 Å². The summed E-state index contributed by atoms with van der Waals surface area (Å²) in [6.45, 7) is 0. The van der Waals surface area contributed by atoms with Gasteiger partial charge in [-0.25, -0.2) is 0 Å². The van der Waals surface area contributed by atoms with Crippen molar-refractivity contribution in [1.82, 2.24) is 0 Å². The van der Waals surface area contributed by atoms with Gasteiger partial charge >= 0.3 is 0 Å². The van der Waals surface area contributed by atoms with Gasteiger partial charge < -0.3 is 0 Å². The Bertz CT molecular complexity index is 233. The van der Waals surface area contributed by atoms with E-state index in [4.69, 9.17) is 0 Å². The molecule has 2 aliphatic heterocycles. The number of hydrogen-bond donors (Lipinski definition) is 0. The van der Waals surface area contributed by atoms with E-state index in [2.05, 4.69) is 48.1 Å². The van der Waals surface area contributed by atoms with E-state index in [0.29, 0.717) is 0 Å². The minimum Gasteiger partial charge on any atom is -0.0796 e. The van der Waals surface area contributed by atoms with Gasteiger partial charge in [0.1, 0.15) is 0 Å². The van der Waals surface area contributed by atoms with Crippen LogP contribution in [0.25, 0.3) is 0 Å². The maximum Gasteiger partial charge on any atom is -0.00652 e. The molecule has 0 N–H and O–H groups in total. The average Bonchev–Trinajstić information content (AvgIpc) is 2.21. The Morgan fingerprint density at radius 3 is 1.50 bits per heavy atom. The molecule has 2 atom stereocenters. The second kappa shape index (κ2) is 4.17. The van der Waals surface area contributed by atoms with Gasteiger partial charge in [0.05, 0.1) is 0 Å². The Morgan fingerprint density at radius 1 is 0.667 bits per heavy atom. The zero-order valence-electron chi connectivity index (χ0n) is 6.93. The first-order valence-electron chi connectivity index (χ1n) is 4.17. The van der Waals surface area contributed by atoms with Crippen LogP contribution in [0.2, 0.25) is 0 Å². The summed E-state index contributed by atoms with van der Waals surface area (Å²) in [5.74, 6) is 4.84. The quantitative estimate of drug-likeness (QED) is 0.553. The minimum absolute atomic E-state index is 0.169. The van der Waals surface area contributed by atoms with Crippen molar-refractivity contribution in [2.75, 3.05) is 12.3 Å². The first kappa shape index (κ1) is 8.42. The van der Waals surface area contributed by atoms with E-state index in [1.54, 1.807) is 0 Å². The standard InChI is InChI=1S/C10H12P2/c1-3-7-11(8-4-1)12-9-5-2-6-10-12/h1-7,9H,8,10H2. The molecule has 2 aliphatic rings. The average molecular weight is 194 g/mol. The van der Waals surface area contributed by atoms with Crippen LogP contribution in [0.4, 0.5) is 0 Å². The van der Waals surface area contributed by atoms with Crippen molar-refractivity contribution >= 4 is 15.2 Å². The summed E-state index contributed by atoms with van der Waals surface area (Å²) in [6, 6.07) is 0. The fourth-order valence-electron chi connectivity index (χ4n) is 1.30. The van der Waals surface area contributed by atoms with Crippen molar-refractivity contribution in [3.05, 3.63) is 48.1 Å². The molecule has 62 valence electrons. The van der Waals surface area contributed by atoms with Crippen LogP contribution < -0.4 is 0 Å². The lowest BCUT2D eigenvalue weighted by Crippen LogP contribution is -1.84. The van der Waals surface area contributed by atoms with Crippen molar-refractivity contribution in [2.24, 2.45) is 0 Å². The molecule has 2 heteroatoms. The smallest absolute Gasteiger partial charge is 0.00652 e. The van der Waals surface area contributed by atoms with Crippen molar-refractivity contribution < 1.29 is 0 Å².